The first-order valence-electron chi connectivity index (χ1n) is 6.13. The normalized spacial score (nSPS) is 27.5. The first kappa shape index (κ1) is 11.6. The Morgan fingerprint density at radius 2 is 1.93 bits per heavy atom. The third-order valence-corrected chi connectivity index (χ3v) is 3.54. The molecule has 0 aromatic rings. The van der Waals surface area contributed by atoms with E-state index in [2.05, 4.69) is 45.6 Å². The van der Waals surface area contributed by atoms with Crippen LogP contribution in [-0.2, 0) is 0 Å². The maximum Gasteiger partial charge on any atom is -0.00578 e. The van der Waals surface area contributed by atoms with Crippen molar-refractivity contribution in [3.05, 3.63) is 17.9 Å². The molecule has 1 rings (SSSR count). The van der Waals surface area contributed by atoms with Crippen LogP contribution in [0.25, 0.3) is 0 Å². The van der Waals surface area contributed by atoms with Gasteiger partial charge in [-0.05, 0) is 42.2 Å². The van der Waals surface area contributed by atoms with Crippen LogP contribution in [0.1, 0.15) is 47.0 Å². The lowest BCUT2D eigenvalue weighted by molar-refractivity contribution is 0.238. The molecule has 1 aliphatic rings. The molecule has 0 spiro atoms. The van der Waals surface area contributed by atoms with Gasteiger partial charge in [0.05, 0.1) is 0 Å². The molecule has 0 N–H and O–H groups in total. The van der Waals surface area contributed by atoms with Crippen molar-refractivity contribution in [2.45, 2.75) is 47.0 Å². The third-order valence-electron chi connectivity index (χ3n) is 3.54. The van der Waals surface area contributed by atoms with E-state index in [1.165, 1.54) is 19.3 Å². The van der Waals surface area contributed by atoms with Gasteiger partial charge < -0.3 is 0 Å². The van der Waals surface area contributed by atoms with Crippen LogP contribution < -0.4 is 0 Å². The van der Waals surface area contributed by atoms with E-state index in [0.717, 1.165) is 23.7 Å². The summed E-state index contributed by atoms with van der Waals surface area (Å²) in [5, 5.41) is 0. The van der Waals surface area contributed by atoms with Gasteiger partial charge in [0, 0.05) is 0 Å². The molecule has 0 aromatic heterocycles. The van der Waals surface area contributed by atoms with Gasteiger partial charge in [0.25, 0.3) is 0 Å². The van der Waals surface area contributed by atoms with Crippen LogP contribution >= 0.6 is 0 Å². The number of allylic oxidation sites excluding steroid dienone is 1. The molecule has 1 aliphatic carbocycles. The zero-order valence-electron chi connectivity index (χ0n) is 10.1. The number of hydrogen-bond donors (Lipinski definition) is 0. The summed E-state index contributed by atoms with van der Waals surface area (Å²) in [7, 11) is 0. The van der Waals surface area contributed by atoms with E-state index in [1.54, 1.807) is 0 Å². The van der Waals surface area contributed by atoms with Crippen molar-refractivity contribution in [3.63, 3.8) is 0 Å². The Bertz CT molecular complexity index is 218. The van der Waals surface area contributed by atoms with Gasteiger partial charge in [-0.25, -0.2) is 0 Å². The quantitative estimate of drug-likeness (QED) is 0.565. The van der Waals surface area contributed by atoms with Crippen LogP contribution in [0.3, 0.4) is 0 Å². The molecule has 0 heterocycles. The van der Waals surface area contributed by atoms with E-state index in [4.69, 9.17) is 0 Å². The van der Waals surface area contributed by atoms with Crippen molar-refractivity contribution in [3.8, 4) is 0 Å². The van der Waals surface area contributed by atoms with Gasteiger partial charge in [-0.15, -0.1) is 5.73 Å². The molecule has 0 bridgehead atoms. The Morgan fingerprint density at radius 3 is 2.43 bits per heavy atom. The Kier molecular flexibility index (Phi) is 4.48. The summed E-state index contributed by atoms with van der Waals surface area (Å²) in [5.41, 5.74) is 3.33. The first-order valence-corrected chi connectivity index (χ1v) is 6.13. The van der Waals surface area contributed by atoms with Gasteiger partial charge in [-0.2, -0.15) is 0 Å². The average Bonchev–Trinajstić information content (AvgIpc) is 2.55. The third kappa shape index (κ3) is 2.51. The lowest BCUT2D eigenvalue weighted by Crippen LogP contribution is -2.22. The van der Waals surface area contributed by atoms with E-state index < -0.39 is 0 Å². The molecule has 0 saturated heterocycles. The molecule has 14 heavy (non-hydrogen) atoms. The molecule has 0 radical (unpaired) electrons. The highest BCUT2D eigenvalue weighted by atomic mass is 14.3. The smallest absolute Gasteiger partial charge is 0.00578 e. The molecule has 3 atom stereocenters. The molecule has 0 fully saturated rings. The van der Waals surface area contributed by atoms with Crippen molar-refractivity contribution in [2.24, 2.45) is 23.7 Å². The van der Waals surface area contributed by atoms with Crippen LogP contribution in [0.15, 0.2) is 17.9 Å². The summed E-state index contributed by atoms with van der Waals surface area (Å²) in [6.45, 7) is 9.30. The maximum absolute atomic E-state index is 3.33. The lowest BCUT2D eigenvalue weighted by atomic mass is 9.75. The predicted octanol–water partition coefficient (Wildman–Crippen LogP) is 4.43. The van der Waals surface area contributed by atoms with Gasteiger partial charge in [0.15, 0.2) is 0 Å². The summed E-state index contributed by atoms with van der Waals surface area (Å²) in [5.74, 6) is 3.18. The van der Waals surface area contributed by atoms with Gasteiger partial charge in [-0.3, -0.25) is 0 Å². The molecule has 0 saturated carbocycles. The van der Waals surface area contributed by atoms with Crippen molar-refractivity contribution < 1.29 is 0 Å². The highest BCUT2D eigenvalue weighted by Gasteiger charge is 2.28. The van der Waals surface area contributed by atoms with E-state index in [1.807, 2.05) is 0 Å². The minimum Gasteiger partial charge on any atom is -0.129 e. The summed E-state index contributed by atoms with van der Waals surface area (Å²) in [4.78, 5) is 0. The Labute approximate surface area is 89.1 Å². The maximum atomic E-state index is 3.33. The Balaban J connectivity index is 2.61. The fourth-order valence-corrected chi connectivity index (χ4v) is 2.76. The highest BCUT2D eigenvalue weighted by Crippen LogP contribution is 2.36. The molecular weight excluding hydrogens is 168 g/mol. The number of rotatable bonds is 5. The van der Waals surface area contributed by atoms with Gasteiger partial charge in [-0.1, -0.05) is 40.5 Å². The minimum atomic E-state index is 0.764. The topological polar surface area (TPSA) is 0 Å². The molecule has 0 amide bonds. The van der Waals surface area contributed by atoms with Crippen molar-refractivity contribution >= 4 is 0 Å². The van der Waals surface area contributed by atoms with Crippen LogP contribution in [-0.4, -0.2) is 0 Å². The SMILES string of the molecule is CCCC1C=C=CC1C(CC)C(C)C. The lowest BCUT2D eigenvalue weighted by Gasteiger charge is -2.29. The van der Waals surface area contributed by atoms with Crippen LogP contribution in [0.5, 0.6) is 0 Å². The summed E-state index contributed by atoms with van der Waals surface area (Å²) in [6, 6.07) is 0. The predicted molar refractivity (Wildman–Crippen MR) is 63.2 cm³/mol. The van der Waals surface area contributed by atoms with Crippen molar-refractivity contribution in [1.82, 2.24) is 0 Å². The molecule has 0 aliphatic heterocycles. The van der Waals surface area contributed by atoms with Gasteiger partial charge in [0.2, 0.25) is 0 Å². The van der Waals surface area contributed by atoms with Crippen LogP contribution in [0.4, 0.5) is 0 Å². The number of hydrogen-bond acceptors (Lipinski definition) is 0. The second kappa shape index (κ2) is 5.41. The molecule has 3 unspecified atom stereocenters. The molecule has 0 nitrogen and oxygen atoms in total. The monoisotopic (exact) mass is 192 g/mol. The Morgan fingerprint density at radius 1 is 1.21 bits per heavy atom. The fourth-order valence-electron chi connectivity index (χ4n) is 2.76. The first-order chi connectivity index (χ1) is 6.70. The minimum absolute atomic E-state index is 0.764. The molecule has 0 aromatic carbocycles. The molecular formula is C14H24. The summed E-state index contributed by atoms with van der Waals surface area (Å²) >= 11 is 0. The van der Waals surface area contributed by atoms with Gasteiger partial charge in [0.1, 0.15) is 0 Å². The standard InChI is InChI=1S/C14H24/c1-5-8-12-9-7-10-14(12)13(6-2)11(3)4/h9-14H,5-6,8H2,1-4H3. The summed E-state index contributed by atoms with van der Waals surface area (Å²) < 4.78 is 0. The highest BCUT2D eigenvalue weighted by molar-refractivity contribution is 5.08. The van der Waals surface area contributed by atoms with Gasteiger partial charge >= 0.3 is 0 Å². The molecule has 0 heteroatoms. The van der Waals surface area contributed by atoms with Crippen molar-refractivity contribution in [1.29, 1.82) is 0 Å². The van der Waals surface area contributed by atoms with E-state index in [-0.39, 0.29) is 0 Å². The second-order valence-corrected chi connectivity index (χ2v) is 4.85. The summed E-state index contributed by atoms with van der Waals surface area (Å²) in [6.07, 6.45) is 8.53. The van der Waals surface area contributed by atoms with Crippen LogP contribution in [0.2, 0.25) is 0 Å². The van der Waals surface area contributed by atoms with Crippen molar-refractivity contribution in [2.75, 3.05) is 0 Å². The average molecular weight is 192 g/mol. The largest absolute Gasteiger partial charge is 0.129 e. The zero-order chi connectivity index (χ0) is 10.6. The van der Waals surface area contributed by atoms with Crippen LogP contribution in [0, 0.1) is 23.7 Å². The second-order valence-electron chi connectivity index (χ2n) is 4.85. The van der Waals surface area contributed by atoms with E-state index >= 15 is 0 Å². The van der Waals surface area contributed by atoms with E-state index in [9.17, 15) is 0 Å². The Hall–Kier alpha value is -0.480. The van der Waals surface area contributed by atoms with E-state index in [0.29, 0.717) is 0 Å². The fraction of sp³-hybridized carbons (Fsp3) is 0.786. The molecule has 80 valence electrons. The zero-order valence-corrected chi connectivity index (χ0v) is 10.1.